The summed E-state index contributed by atoms with van der Waals surface area (Å²) >= 11 is 0. The number of esters is 1. The zero-order valence-corrected chi connectivity index (χ0v) is 11.4. The van der Waals surface area contributed by atoms with Crippen LogP contribution in [0.3, 0.4) is 0 Å². The lowest BCUT2D eigenvalue weighted by atomic mass is 9.90. The molecule has 3 nitrogen and oxygen atoms in total. The maximum atomic E-state index is 11.1. The topological polar surface area (TPSA) is 29.5 Å². The van der Waals surface area contributed by atoms with E-state index in [0.717, 1.165) is 26.1 Å². The summed E-state index contributed by atoms with van der Waals surface area (Å²) in [6.45, 7) is 8.28. The molecule has 0 saturated carbocycles. The molecule has 0 amide bonds. The van der Waals surface area contributed by atoms with Gasteiger partial charge in [-0.25, -0.2) is 0 Å². The van der Waals surface area contributed by atoms with E-state index >= 15 is 0 Å². The van der Waals surface area contributed by atoms with Crippen molar-refractivity contribution in [3.05, 3.63) is 35.4 Å². The van der Waals surface area contributed by atoms with Crippen LogP contribution in [0, 0.1) is 6.92 Å². The highest BCUT2D eigenvalue weighted by Crippen LogP contribution is 2.30. The molecule has 0 spiro atoms. The number of aryl methyl sites for hydroxylation is 1. The number of likely N-dealkylation sites (tertiary alicyclic amines) is 1. The van der Waals surface area contributed by atoms with Gasteiger partial charge in [-0.1, -0.05) is 36.8 Å². The summed E-state index contributed by atoms with van der Waals surface area (Å²) in [6, 6.07) is 8.59. The largest absolute Gasteiger partial charge is 0.457 e. The molecule has 1 aliphatic heterocycles. The van der Waals surface area contributed by atoms with Crippen LogP contribution in [-0.2, 0) is 16.1 Å². The van der Waals surface area contributed by atoms with Crippen molar-refractivity contribution in [1.29, 1.82) is 0 Å². The van der Waals surface area contributed by atoms with Gasteiger partial charge in [-0.15, -0.1) is 0 Å². The third kappa shape index (κ3) is 2.91. The zero-order valence-electron chi connectivity index (χ0n) is 11.4. The summed E-state index contributed by atoms with van der Waals surface area (Å²) in [5, 5.41) is 0. The maximum Gasteiger partial charge on any atom is 0.303 e. The maximum absolute atomic E-state index is 11.1. The van der Waals surface area contributed by atoms with Gasteiger partial charge in [0.2, 0.25) is 0 Å². The van der Waals surface area contributed by atoms with Gasteiger partial charge in [0, 0.05) is 26.6 Å². The summed E-state index contributed by atoms with van der Waals surface area (Å²) in [5.41, 5.74) is 2.36. The minimum Gasteiger partial charge on any atom is -0.457 e. The van der Waals surface area contributed by atoms with E-state index in [1.807, 2.05) is 0 Å². The molecular formula is C15H21NO2. The summed E-state index contributed by atoms with van der Waals surface area (Å²) in [4.78, 5) is 13.4. The van der Waals surface area contributed by atoms with E-state index in [1.54, 1.807) is 0 Å². The molecular weight excluding hydrogens is 226 g/mol. The van der Waals surface area contributed by atoms with Crippen molar-refractivity contribution in [2.75, 3.05) is 13.1 Å². The van der Waals surface area contributed by atoms with Gasteiger partial charge in [0.25, 0.3) is 0 Å². The number of carbonyl (C=O) groups excluding carboxylic acids is 1. The molecule has 1 aromatic carbocycles. The lowest BCUT2D eigenvalue weighted by molar-refractivity contribution is -0.179. The van der Waals surface area contributed by atoms with E-state index in [4.69, 9.17) is 4.74 Å². The molecule has 98 valence electrons. The quantitative estimate of drug-likeness (QED) is 0.766. The highest BCUT2D eigenvalue weighted by molar-refractivity contribution is 5.66. The number of benzene rings is 1. The fourth-order valence-electron chi connectivity index (χ4n) is 2.50. The van der Waals surface area contributed by atoms with Gasteiger partial charge < -0.3 is 4.74 Å². The van der Waals surface area contributed by atoms with Gasteiger partial charge in [0.1, 0.15) is 5.60 Å². The predicted octanol–water partition coefficient (Wildman–Crippen LogP) is 2.52. The molecule has 1 aromatic rings. The highest BCUT2D eigenvalue weighted by atomic mass is 16.6. The highest BCUT2D eigenvalue weighted by Gasteiger charge is 2.44. The van der Waals surface area contributed by atoms with Crippen molar-refractivity contribution in [2.45, 2.75) is 39.3 Å². The van der Waals surface area contributed by atoms with Gasteiger partial charge in [0.15, 0.2) is 0 Å². The van der Waals surface area contributed by atoms with Crippen LogP contribution in [0.25, 0.3) is 0 Å². The summed E-state index contributed by atoms with van der Waals surface area (Å²) in [6.07, 6.45) is 0.886. The Labute approximate surface area is 109 Å². The van der Waals surface area contributed by atoms with E-state index in [9.17, 15) is 4.79 Å². The first-order valence-corrected chi connectivity index (χ1v) is 6.50. The zero-order chi connectivity index (χ0) is 13.2. The molecule has 1 aliphatic rings. The molecule has 18 heavy (non-hydrogen) atoms. The standard InChI is InChI=1S/C15H21NO2/c1-4-15(18-13(3)17)10-16(11-15)9-14-7-5-12(2)6-8-14/h5-8H,4,9-11H2,1-3H3. The van der Waals surface area contributed by atoms with Crippen LogP contribution in [0.1, 0.15) is 31.4 Å². The Balaban J connectivity index is 1.88. The number of hydrogen-bond acceptors (Lipinski definition) is 3. The first kappa shape index (κ1) is 13.1. The van der Waals surface area contributed by atoms with Crippen LogP contribution >= 0.6 is 0 Å². The number of ether oxygens (including phenoxy) is 1. The Morgan fingerprint density at radius 1 is 1.33 bits per heavy atom. The molecule has 0 atom stereocenters. The summed E-state index contributed by atoms with van der Waals surface area (Å²) in [7, 11) is 0. The van der Waals surface area contributed by atoms with E-state index in [1.165, 1.54) is 18.1 Å². The van der Waals surface area contributed by atoms with Crippen molar-refractivity contribution >= 4 is 5.97 Å². The molecule has 3 heteroatoms. The lowest BCUT2D eigenvalue weighted by Crippen LogP contribution is -2.62. The van der Waals surface area contributed by atoms with E-state index in [0.29, 0.717) is 0 Å². The minimum atomic E-state index is -0.240. The second kappa shape index (κ2) is 5.11. The molecule has 1 heterocycles. The van der Waals surface area contributed by atoms with Gasteiger partial charge in [-0.05, 0) is 18.9 Å². The molecule has 1 fully saturated rings. The molecule has 0 bridgehead atoms. The Morgan fingerprint density at radius 3 is 2.44 bits per heavy atom. The van der Waals surface area contributed by atoms with Crippen LogP contribution in [-0.4, -0.2) is 29.6 Å². The molecule has 1 saturated heterocycles. The van der Waals surface area contributed by atoms with Crippen LogP contribution in [0.4, 0.5) is 0 Å². The molecule has 0 radical (unpaired) electrons. The lowest BCUT2D eigenvalue weighted by Gasteiger charge is -2.48. The van der Waals surface area contributed by atoms with E-state index in [-0.39, 0.29) is 11.6 Å². The third-order valence-corrected chi connectivity index (χ3v) is 3.55. The fraction of sp³-hybridized carbons (Fsp3) is 0.533. The van der Waals surface area contributed by atoms with Gasteiger partial charge in [-0.3, -0.25) is 9.69 Å². The molecule has 2 rings (SSSR count). The number of hydrogen-bond donors (Lipinski definition) is 0. The van der Waals surface area contributed by atoms with Crippen molar-refractivity contribution < 1.29 is 9.53 Å². The van der Waals surface area contributed by atoms with Crippen molar-refractivity contribution in [3.63, 3.8) is 0 Å². The van der Waals surface area contributed by atoms with Crippen LogP contribution in [0.15, 0.2) is 24.3 Å². The van der Waals surface area contributed by atoms with Crippen LogP contribution < -0.4 is 0 Å². The minimum absolute atomic E-state index is 0.174. The number of rotatable bonds is 4. The first-order valence-electron chi connectivity index (χ1n) is 6.50. The Bertz CT molecular complexity index is 419. The summed E-state index contributed by atoms with van der Waals surface area (Å²) < 4.78 is 5.43. The molecule has 0 aromatic heterocycles. The van der Waals surface area contributed by atoms with Crippen LogP contribution in [0.5, 0.6) is 0 Å². The normalized spacial score (nSPS) is 18.2. The Hall–Kier alpha value is -1.35. The average molecular weight is 247 g/mol. The second-order valence-electron chi connectivity index (χ2n) is 5.26. The van der Waals surface area contributed by atoms with Crippen molar-refractivity contribution in [3.8, 4) is 0 Å². The monoisotopic (exact) mass is 247 g/mol. The van der Waals surface area contributed by atoms with Gasteiger partial charge in [0.05, 0.1) is 0 Å². The van der Waals surface area contributed by atoms with Gasteiger partial charge in [-0.2, -0.15) is 0 Å². The SMILES string of the molecule is CCC1(OC(C)=O)CN(Cc2ccc(C)cc2)C1. The van der Waals surface area contributed by atoms with E-state index in [2.05, 4.69) is 43.0 Å². The Morgan fingerprint density at radius 2 is 1.94 bits per heavy atom. The van der Waals surface area contributed by atoms with Crippen molar-refractivity contribution in [1.82, 2.24) is 4.90 Å². The second-order valence-corrected chi connectivity index (χ2v) is 5.26. The van der Waals surface area contributed by atoms with Crippen LogP contribution in [0.2, 0.25) is 0 Å². The number of nitrogens with zero attached hydrogens (tertiary/aromatic N) is 1. The Kier molecular flexibility index (Phi) is 3.71. The van der Waals surface area contributed by atoms with Gasteiger partial charge >= 0.3 is 5.97 Å². The first-order chi connectivity index (χ1) is 8.53. The summed E-state index contributed by atoms with van der Waals surface area (Å²) in [5.74, 6) is -0.174. The number of carbonyl (C=O) groups is 1. The van der Waals surface area contributed by atoms with Crippen molar-refractivity contribution in [2.24, 2.45) is 0 Å². The average Bonchev–Trinajstić information content (AvgIpc) is 2.28. The fourth-order valence-corrected chi connectivity index (χ4v) is 2.50. The third-order valence-electron chi connectivity index (χ3n) is 3.55. The molecule has 0 aliphatic carbocycles. The molecule has 0 unspecified atom stereocenters. The smallest absolute Gasteiger partial charge is 0.303 e. The van der Waals surface area contributed by atoms with E-state index < -0.39 is 0 Å². The predicted molar refractivity (Wildman–Crippen MR) is 71.2 cm³/mol. The molecule has 0 N–H and O–H groups in total.